The van der Waals surface area contributed by atoms with E-state index in [1.807, 2.05) is 6.92 Å². The van der Waals surface area contributed by atoms with Crippen LogP contribution in [0.2, 0.25) is 0 Å². The first-order chi connectivity index (χ1) is 6.16. The molecule has 0 spiro atoms. The van der Waals surface area contributed by atoms with E-state index in [2.05, 4.69) is 5.32 Å². The Labute approximate surface area is 78.8 Å². The fourth-order valence-electron chi connectivity index (χ4n) is 1.43. The van der Waals surface area contributed by atoms with Crippen LogP contribution in [-0.4, -0.2) is 31.2 Å². The summed E-state index contributed by atoms with van der Waals surface area (Å²) in [5, 5.41) is 2.97. The molecule has 1 amide bonds. The maximum atomic E-state index is 11.3. The molecular weight excluding hydrogens is 168 g/mol. The van der Waals surface area contributed by atoms with Crippen LogP contribution in [0.15, 0.2) is 0 Å². The van der Waals surface area contributed by atoms with Crippen molar-refractivity contribution in [2.24, 2.45) is 5.73 Å². The fraction of sp³-hybridized carbons (Fsp3) is 0.889. The van der Waals surface area contributed by atoms with E-state index in [0.717, 1.165) is 19.4 Å². The molecule has 0 bridgehead atoms. The highest BCUT2D eigenvalue weighted by atomic mass is 16.5. The first kappa shape index (κ1) is 10.5. The molecule has 3 N–H and O–H groups in total. The number of rotatable bonds is 4. The zero-order valence-corrected chi connectivity index (χ0v) is 8.14. The third-order valence-corrected chi connectivity index (χ3v) is 2.27. The Morgan fingerprint density at radius 1 is 1.69 bits per heavy atom. The van der Waals surface area contributed by atoms with Crippen molar-refractivity contribution in [3.8, 4) is 0 Å². The van der Waals surface area contributed by atoms with E-state index in [9.17, 15) is 4.79 Å². The summed E-state index contributed by atoms with van der Waals surface area (Å²) in [7, 11) is 0. The van der Waals surface area contributed by atoms with Gasteiger partial charge >= 0.3 is 0 Å². The van der Waals surface area contributed by atoms with E-state index in [1.165, 1.54) is 0 Å². The molecule has 1 saturated heterocycles. The van der Waals surface area contributed by atoms with Crippen molar-refractivity contribution < 1.29 is 9.53 Å². The molecule has 0 aromatic rings. The maximum absolute atomic E-state index is 11.3. The molecule has 0 aromatic heterocycles. The number of carbonyl (C=O) groups excluding carboxylic acids is 1. The van der Waals surface area contributed by atoms with E-state index in [4.69, 9.17) is 10.5 Å². The van der Waals surface area contributed by atoms with Crippen LogP contribution in [0.4, 0.5) is 0 Å². The number of nitrogens with one attached hydrogen (secondary N) is 1. The molecule has 13 heavy (non-hydrogen) atoms. The molecule has 0 aromatic carbocycles. The van der Waals surface area contributed by atoms with Gasteiger partial charge in [0.1, 0.15) is 0 Å². The van der Waals surface area contributed by atoms with Crippen molar-refractivity contribution in [1.82, 2.24) is 5.32 Å². The number of hydrogen-bond donors (Lipinski definition) is 2. The molecule has 1 fully saturated rings. The molecule has 1 aliphatic heterocycles. The number of amides is 1. The maximum Gasteiger partial charge on any atom is 0.220 e. The minimum atomic E-state index is -0.147. The van der Waals surface area contributed by atoms with Crippen LogP contribution in [0.25, 0.3) is 0 Å². The summed E-state index contributed by atoms with van der Waals surface area (Å²) >= 11 is 0. The standard InChI is InChI=1S/C9H18N2O2/c1-9(4-6-13-7-9)11-8(12)3-2-5-10/h2-7,10H2,1H3,(H,11,12). The second-order valence-corrected chi connectivity index (χ2v) is 3.80. The summed E-state index contributed by atoms with van der Waals surface area (Å²) in [6, 6.07) is 0. The van der Waals surface area contributed by atoms with Gasteiger partial charge in [0, 0.05) is 13.0 Å². The third-order valence-electron chi connectivity index (χ3n) is 2.27. The van der Waals surface area contributed by atoms with Gasteiger partial charge in [-0.2, -0.15) is 0 Å². The van der Waals surface area contributed by atoms with Gasteiger partial charge in [-0.15, -0.1) is 0 Å². The summed E-state index contributed by atoms with van der Waals surface area (Å²) in [4.78, 5) is 11.3. The van der Waals surface area contributed by atoms with Gasteiger partial charge in [0.25, 0.3) is 0 Å². The molecule has 76 valence electrons. The molecule has 1 heterocycles. The van der Waals surface area contributed by atoms with Gasteiger partial charge in [-0.05, 0) is 26.3 Å². The molecule has 0 aliphatic carbocycles. The van der Waals surface area contributed by atoms with Crippen molar-refractivity contribution in [2.45, 2.75) is 31.7 Å². The second kappa shape index (κ2) is 4.58. The smallest absolute Gasteiger partial charge is 0.220 e. The van der Waals surface area contributed by atoms with E-state index in [-0.39, 0.29) is 11.4 Å². The van der Waals surface area contributed by atoms with Crippen molar-refractivity contribution >= 4 is 5.91 Å². The van der Waals surface area contributed by atoms with Gasteiger partial charge in [-0.3, -0.25) is 4.79 Å². The molecule has 0 saturated carbocycles. The Morgan fingerprint density at radius 2 is 2.46 bits per heavy atom. The normalized spacial score (nSPS) is 27.5. The van der Waals surface area contributed by atoms with Crippen LogP contribution in [0, 0.1) is 0 Å². The SMILES string of the molecule is CC1(NC(=O)CCCN)CCOC1. The predicted octanol–water partition coefficient (Wildman–Crippen LogP) is 0.0205. The van der Waals surface area contributed by atoms with Gasteiger partial charge in [0.2, 0.25) is 5.91 Å². The quantitative estimate of drug-likeness (QED) is 0.650. The zero-order chi connectivity index (χ0) is 9.73. The van der Waals surface area contributed by atoms with Crippen molar-refractivity contribution in [2.75, 3.05) is 19.8 Å². The summed E-state index contributed by atoms with van der Waals surface area (Å²) in [5.74, 6) is 0.0819. The molecule has 4 heteroatoms. The van der Waals surface area contributed by atoms with Gasteiger partial charge < -0.3 is 15.8 Å². The molecule has 4 nitrogen and oxygen atoms in total. The van der Waals surface area contributed by atoms with Gasteiger partial charge in [-0.1, -0.05) is 0 Å². The number of carbonyl (C=O) groups is 1. The Balaban J connectivity index is 2.26. The Hall–Kier alpha value is -0.610. The fourth-order valence-corrected chi connectivity index (χ4v) is 1.43. The minimum Gasteiger partial charge on any atom is -0.379 e. The van der Waals surface area contributed by atoms with Gasteiger partial charge in [0.05, 0.1) is 12.1 Å². The molecule has 1 aliphatic rings. The van der Waals surface area contributed by atoms with E-state index < -0.39 is 0 Å². The highest BCUT2D eigenvalue weighted by Gasteiger charge is 2.30. The highest BCUT2D eigenvalue weighted by molar-refractivity contribution is 5.76. The van der Waals surface area contributed by atoms with Crippen molar-refractivity contribution in [1.29, 1.82) is 0 Å². The summed E-state index contributed by atoms with van der Waals surface area (Å²) in [6.07, 6.45) is 2.18. The molecule has 0 radical (unpaired) electrons. The molecule has 1 atom stereocenters. The predicted molar refractivity (Wildman–Crippen MR) is 50.3 cm³/mol. The lowest BCUT2D eigenvalue weighted by Gasteiger charge is -2.23. The summed E-state index contributed by atoms with van der Waals surface area (Å²) in [6.45, 7) is 3.95. The van der Waals surface area contributed by atoms with Gasteiger partial charge in [-0.25, -0.2) is 0 Å². The van der Waals surface area contributed by atoms with Crippen LogP contribution in [0.1, 0.15) is 26.2 Å². The third kappa shape index (κ3) is 3.32. The van der Waals surface area contributed by atoms with E-state index in [0.29, 0.717) is 19.6 Å². The molecular formula is C9H18N2O2. The van der Waals surface area contributed by atoms with E-state index >= 15 is 0 Å². The number of nitrogens with two attached hydrogens (primary N) is 1. The monoisotopic (exact) mass is 186 g/mol. The Kier molecular flexibility index (Phi) is 3.69. The lowest BCUT2D eigenvalue weighted by Crippen LogP contribution is -2.46. The Morgan fingerprint density at radius 3 is 3.00 bits per heavy atom. The van der Waals surface area contributed by atoms with Crippen LogP contribution in [0.3, 0.4) is 0 Å². The summed E-state index contributed by atoms with van der Waals surface area (Å²) < 4.78 is 5.23. The van der Waals surface area contributed by atoms with Crippen LogP contribution < -0.4 is 11.1 Å². The zero-order valence-electron chi connectivity index (χ0n) is 8.14. The first-order valence-corrected chi connectivity index (χ1v) is 4.75. The Bertz CT molecular complexity index is 176. The van der Waals surface area contributed by atoms with Crippen molar-refractivity contribution in [3.05, 3.63) is 0 Å². The topological polar surface area (TPSA) is 64.4 Å². The second-order valence-electron chi connectivity index (χ2n) is 3.80. The van der Waals surface area contributed by atoms with Crippen LogP contribution >= 0.6 is 0 Å². The van der Waals surface area contributed by atoms with Gasteiger partial charge in [0.15, 0.2) is 0 Å². The minimum absolute atomic E-state index is 0.0819. The van der Waals surface area contributed by atoms with Crippen LogP contribution in [0.5, 0.6) is 0 Å². The molecule has 1 rings (SSSR count). The lowest BCUT2D eigenvalue weighted by molar-refractivity contribution is -0.122. The van der Waals surface area contributed by atoms with Crippen molar-refractivity contribution in [3.63, 3.8) is 0 Å². The van der Waals surface area contributed by atoms with Crippen LogP contribution in [-0.2, 0) is 9.53 Å². The summed E-state index contributed by atoms with van der Waals surface area (Å²) in [5.41, 5.74) is 5.17. The number of hydrogen-bond acceptors (Lipinski definition) is 3. The molecule has 1 unspecified atom stereocenters. The van der Waals surface area contributed by atoms with E-state index in [1.54, 1.807) is 0 Å². The average molecular weight is 186 g/mol. The highest BCUT2D eigenvalue weighted by Crippen LogP contribution is 2.17. The largest absolute Gasteiger partial charge is 0.379 e. The average Bonchev–Trinajstić information content (AvgIpc) is 2.48. The lowest BCUT2D eigenvalue weighted by atomic mass is 10.0. The number of ether oxygens (including phenoxy) is 1. The first-order valence-electron chi connectivity index (χ1n) is 4.75.